The summed E-state index contributed by atoms with van der Waals surface area (Å²) in [6.07, 6.45) is 3.02. The maximum absolute atomic E-state index is 12.2. The first-order valence-corrected chi connectivity index (χ1v) is 12.4. The van der Waals surface area contributed by atoms with Crippen molar-refractivity contribution in [1.82, 2.24) is 9.97 Å². The molecule has 0 unspecified atom stereocenters. The van der Waals surface area contributed by atoms with Crippen molar-refractivity contribution in [2.75, 3.05) is 11.9 Å². The van der Waals surface area contributed by atoms with Crippen molar-refractivity contribution in [3.8, 4) is 23.1 Å². The normalized spacial score (nSPS) is 11.0. The molecule has 35 heavy (non-hydrogen) atoms. The molecule has 12 heteroatoms. The van der Waals surface area contributed by atoms with E-state index in [0.29, 0.717) is 15.8 Å². The number of carbonyl (C=O) groups is 1. The van der Waals surface area contributed by atoms with E-state index in [-0.39, 0.29) is 29.2 Å². The van der Waals surface area contributed by atoms with Gasteiger partial charge in [-0.2, -0.15) is 5.26 Å². The SMILES string of the molecule is N#CC(=Cc1cc([N+](=O)[O-])ccc1OCC(=O)Nc1nccs1)c1nc(-c2ccc(Br)cc2)cs1. The number of non-ortho nitro benzene ring substituents is 1. The molecule has 1 amide bonds. The van der Waals surface area contributed by atoms with E-state index < -0.39 is 10.8 Å². The zero-order valence-corrected chi connectivity index (χ0v) is 20.9. The number of halogens is 1. The van der Waals surface area contributed by atoms with E-state index in [2.05, 4.69) is 37.3 Å². The zero-order chi connectivity index (χ0) is 24.8. The molecular formula is C23H14BrN5O4S2. The van der Waals surface area contributed by atoms with Crippen LogP contribution in [0.3, 0.4) is 0 Å². The fraction of sp³-hybridized carbons (Fsp3) is 0.0435. The molecule has 174 valence electrons. The Morgan fingerprint density at radius 1 is 1.26 bits per heavy atom. The summed E-state index contributed by atoms with van der Waals surface area (Å²) in [6.45, 7) is -0.342. The molecule has 0 aliphatic rings. The summed E-state index contributed by atoms with van der Waals surface area (Å²) in [7, 11) is 0. The molecule has 0 aliphatic heterocycles. The molecule has 4 aromatic rings. The van der Waals surface area contributed by atoms with Gasteiger partial charge in [-0.05, 0) is 24.3 Å². The van der Waals surface area contributed by atoms with Crippen molar-refractivity contribution in [1.29, 1.82) is 5.26 Å². The van der Waals surface area contributed by atoms with Gasteiger partial charge in [-0.25, -0.2) is 9.97 Å². The van der Waals surface area contributed by atoms with E-state index in [1.54, 1.807) is 11.6 Å². The summed E-state index contributed by atoms with van der Waals surface area (Å²) in [4.78, 5) is 31.5. The first-order chi connectivity index (χ1) is 16.9. The van der Waals surface area contributed by atoms with Gasteiger partial charge < -0.3 is 4.74 Å². The second kappa shape index (κ2) is 11.0. The number of nitro groups is 1. The summed E-state index contributed by atoms with van der Waals surface area (Å²) < 4.78 is 6.55. The molecule has 0 saturated carbocycles. The van der Waals surface area contributed by atoms with Crippen LogP contribution < -0.4 is 10.1 Å². The molecule has 0 aliphatic carbocycles. The monoisotopic (exact) mass is 567 g/mol. The van der Waals surface area contributed by atoms with Gasteiger partial charge in [-0.1, -0.05) is 28.1 Å². The van der Waals surface area contributed by atoms with Gasteiger partial charge in [-0.3, -0.25) is 20.2 Å². The van der Waals surface area contributed by atoms with E-state index in [9.17, 15) is 20.2 Å². The van der Waals surface area contributed by atoms with Crippen LogP contribution in [0.5, 0.6) is 5.75 Å². The summed E-state index contributed by atoms with van der Waals surface area (Å²) >= 11 is 5.94. The van der Waals surface area contributed by atoms with Crippen LogP contribution in [0.15, 0.2) is 63.9 Å². The molecule has 1 N–H and O–H groups in total. The number of hydrogen-bond acceptors (Lipinski definition) is 9. The highest BCUT2D eigenvalue weighted by atomic mass is 79.9. The number of nitriles is 1. The lowest BCUT2D eigenvalue weighted by molar-refractivity contribution is -0.384. The van der Waals surface area contributed by atoms with Gasteiger partial charge >= 0.3 is 0 Å². The topological polar surface area (TPSA) is 131 Å². The summed E-state index contributed by atoms with van der Waals surface area (Å²) in [5.41, 5.74) is 1.89. The third-order valence-electron chi connectivity index (χ3n) is 4.54. The van der Waals surface area contributed by atoms with Crippen molar-refractivity contribution >= 4 is 67.0 Å². The van der Waals surface area contributed by atoms with Crippen molar-refractivity contribution in [2.45, 2.75) is 0 Å². The van der Waals surface area contributed by atoms with E-state index in [1.165, 1.54) is 46.9 Å². The van der Waals surface area contributed by atoms with Gasteiger partial charge in [0, 0.05) is 44.7 Å². The minimum Gasteiger partial charge on any atom is -0.483 e. The number of nitrogens with one attached hydrogen (secondary N) is 1. The fourth-order valence-corrected chi connectivity index (χ4v) is 4.53. The third-order valence-corrected chi connectivity index (χ3v) is 6.63. The molecule has 0 atom stereocenters. The molecule has 0 fully saturated rings. The number of anilines is 1. The van der Waals surface area contributed by atoms with Crippen LogP contribution in [0.2, 0.25) is 0 Å². The Hall–Kier alpha value is -3.92. The minimum absolute atomic E-state index is 0.178. The lowest BCUT2D eigenvalue weighted by Crippen LogP contribution is -2.20. The van der Waals surface area contributed by atoms with Crippen molar-refractivity contribution < 1.29 is 14.5 Å². The number of hydrogen-bond donors (Lipinski definition) is 1. The number of amides is 1. The molecule has 0 bridgehead atoms. The summed E-state index contributed by atoms with van der Waals surface area (Å²) in [6, 6.07) is 13.7. The Balaban J connectivity index is 1.61. The van der Waals surface area contributed by atoms with Crippen LogP contribution in [0.4, 0.5) is 10.8 Å². The first kappa shape index (κ1) is 24.2. The Bertz CT molecular complexity index is 1440. The number of nitro benzene ring substituents is 1. The highest BCUT2D eigenvalue weighted by Crippen LogP contribution is 2.31. The number of allylic oxidation sites excluding steroid dienone is 1. The highest BCUT2D eigenvalue weighted by molar-refractivity contribution is 9.10. The predicted octanol–water partition coefficient (Wildman–Crippen LogP) is 6.02. The number of benzene rings is 2. The number of ether oxygens (including phenoxy) is 1. The van der Waals surface area contributed by atoms with E-state index >= 15 is 0 Å². The molecule has 2 heterocycles. The molecule has 9 nitrogen and oxygen atoms in total. The Kier molecular flexibility index (Phi) is 7.61. The van der Waals surface area contributed by atoms with Gasteiger partial charge in [0.15, 0.2) is 11.7 Å². The Morgan fingerprint density at radius 2 is 2.06 bits per heavy atom. The van der Waals surface area contributed by atoms with E-state index in [0.717, 1.165) is 10.0 Å². The second-order valence-corrected chi connectivity index (χ2v) is 9.54. The number of nitrogens with zero attached hydrogens (tertiary/aromatic N) is 4. The smallest absolute Gasteiger partial charge is 0.270 e. The zero-order valence-electron chi connectivity index (χ0n) is 17.7. The molecule has 0 spiro atoms. The standard InChI is InChI=1S/C23H14BrN5O4S2/c24-17-3-1-14(2-4-17)19-13-35-22(27-19)16(11-25)9-15-10-18(29(31)32)5-6-20(15)33-12-21(30)28-23-26-7-8-34-23/h1-10,13H,12H2,(H,26,28,30). The van der Waals surface area contributed by atoms with Crippen LogP contribution in [0.25, 0.3) is 22.9 Å². The van der Waals surface area contributed by atoms with Gasteiger partial charge in [0.1, 0.15) is 16.8 Å². The van der Waals surface area contributed by atoms with Crippen LogP contribution in [0, 0.1) is 21.4 Å². The molecular weight excluding hydrogens is 554 g/mol. The molecule has 2 aromatic carbocycles. The average molecular weight is 568 g/mol. The van der Waals surface area contributed by atoms with E-state index in [1.807, 2.05) is 29.6 Å². The van der Waals surface area contributed by atoms with Crippen LogP contribution in [0.1, 0.15) is 10.6 Å². The summed E-state index contributed by atoms with van der Waals surface area (Å²) in [5.74, 6) is -0.227. The maximum Gasteiger partial charge on any atom is 0.270 e. The largest absolute Gasteiger partial charge is 0.483 e. The quantitative estimate of drug-likeness (QED) is 0.156. The number of thiazole rings is 2. The number of rotatable bonds is 8. The van der Waals surface area contributed by atoms with Crippen molar-refractivity contribution in [3.63, 3.8) is 0 Å². The van der Waals surface area contributed by atoms with Gasteiger partial charge in [0.25, 0.3) is 11.6 Å². The van der Waals surface area contributed by atoms with Gasteiger partial charge in [0.2, 0.25) is 0 Å². The number of aromatic nitrogens is 2. The average Bonchev–Trinajstić information content (AvgIpc) is 3.54. The number of carbonyl (C=O) groups excluding carboxylic acids is 1. The van der Waals surface area contributed by atoms with Crippen LogP contribution in [-0.4, -0.2) is 27.4 Å². The molecule has 0 radical (unpaired) electrons. The van der Waals surface area contributed by atoms with Gasteiger partial charge in [-0.15, -0.1) is 22.7 Å². The van der Waals surface area contributed by atoms with E-state index in [4.69, 9.17) is 4.74 Å². The van der Waals surface area contributed by atoms with Crippen LogP contribution >= 0.6 is 38.6 Å². The Labute approximate surface area is 215 Å². The Morgan fingerprint density at radius 3 is 2.74 bits per heavy atom. The lowest BCUT2D eigenvalue weighted by Gasteiger charge is -2.09. The van der Waals surface area contributed by atoms with Crippen LogP contribution in [-0.2, 0) is 4.79 Å². The highest BCUT2D eigenvalue weighted by Gasteiger charge is 2.15. The fourth-order valence-electron chi connectivity index (χ4n) is 2.93. The minimum atomic E-state index is -0.544. The predicted molar refractivity (Wildman–Crippen MR) is 138 cm³/mol. The molecule has 0 saturated heterocycles. The lowest BCUT2D eigenvalue weighted by atomic mass is 10.1. The van der Waals surface area contributed by atoms with Crippen molar-refractivity contribution in [2.24, 2.45) is 0 Å². The second-order valence-electron chi connectivity index (χ2n) is 6.87. The maximum atomic E-state index is 12.2. The molecule has 2 aromatic heterocycles. The summed E-state index contributed by atoms with van der Waals surface area (Å²) in [5, 5.41) is 28.1. The third kappa shape index (κ3) is 6.15. The van der Waals surface area contributed by atoms with Crippen molar-refractivity contribution in [3.05, 3.63) is 84.6 Å². The first-order valence-electron chi connectivity index (χ1n) is 9.87. The van der Waals surface area contributed by atoms with Gasteiger partial charge in [0.05, 0.1) is 16.2 Å². The molecule has 4 rings (SSSR count).